The van der Waals surface area contributed by atoms with Crippen LogP contribution in [0.4, 0.5) is 57.9 Å². The highest BCUT2D eigenvalue weighted by molar-refractivity contribution is 7.78. The summed E-state index contributed by atoms with van der Waals surface area (Å²) in [5.74, 6) is 2.33. The van der Waals surface area contributed by atoms with E-state index in [2.05, 4.69) is 86.7 Å². The minimum atomic E-state index is -2.24. The fourth-order valence-corrected chi connectivity index (χ4v) is 13.7. The van der Waals surface area contributed by atoms with E-state index in [0.29, 0.717) is 62.1 Å². The molecule has 4 N–H and O–H groups in total. The summed E-state index contributed by atoms with van der Waals surface area (Å²) in [6, 6.07) is 12.3. The van der Waals surface area contributed by atoms with Crippen molar-refractivity contribution in [3.05, 3.63) is 150 Å². The van der Waals surface area contributed by atoms with Gasteiger partial charge in [-0.2, -0.15) is 4.98 Å². The monoisotopic (exact) mass is 1430 g/mol. The quantitative estimate of drug-likeness (QED) is 0.0747. The Balaban J connectivity index is 0.000000131. The summed E-state index contributed by atoms with van der Waals surface area (Å²) < 4.78 is 42.8. The molecule has 8 fully saturated rings. The van der Waals surface area contributed by atoms with Gasteiger partial charge in [-0.3, -0.25) is 13.8 Å². The molecule has 0 radical (unpaired) electrons. The van der Waals surface area contributed by atoms with Crippen LogP contribution >= 0.6 is 11.6 Å². The molecule has 536 valence electrons. The third kappa shape index (κ3) is 18.7. The first-order chi connectivity index (χ1) is 49.0. The molecule has 6 saturated heterocycles. The standard InChI is InChI=1S/C23H27N7O2.C15H18N4O3S.2C9H11N3O3.C5H3ClN2O2.C4H9NO/c31-21-18-5-3-16-13-25-22(28-20(16)30(18)23(15-26-21)7-1-2-8-23)27-19-6-4-17(14-24-19)29-9-11-32-12-10-29;20-14-11-4-3-10-7-16-12(8-23(21)22)18-13(10)19(11)15(9-17-14)5-1-2-6-15;2*13-12(14)9-2-1-8(7-10-9)11-3-5-15-6-4-11;6-4-1-2-5(7-3-4)8(9)10;1-3-6-4-2-5-1/h3-6,13-14,18H,1-2,7-12,15H2,(H,26,31)(H,24,25,27,28);3-4,7,11H,1-2,5-6,8-9H2,(H,17,20)(H,21,22);2*1-2,7H,3-6H2;1-3H;5H,1-4H2/p-1. The summed E-state index contributed by atoms with van der Waals surface area (Å²) in [4.78, 5) is 98.5. The highest BCUT2D eigenvalue weighted by Crippen LogP contribution is 2.45. The van der Waals surface area contributed by atoms with E-state index < -0.39 is 25.9 Å². The van der Waals surface area contributed by atoms with Gasteiger partial charge in [0.05, 0.1) is 98.0 Å². The van der Waals surface area contributed by atoms with E-state index in [1.54, 1.807) is 18.3 Å². The molecule has 0 aromatic carbocycles. The Morgan fingerprint density at radius 3 is 1.33 bits per heavy atom. The first-order valence-electron chi connectivity index (χ1n) is 33.3. The molecule has 3 atom stereocenters. The van der Waals surface area contributed by atoms with Gasteiger partial charge in [-0.15, -0.1) is 0 Å². The lowest BCUT2D eigenvalue weighted by molar-refractivity contribution is -0.389. The van der Waals surface area contributed by atoms with Crippen LogP contribution < -0.4 is 45.8 Å². The van der Waals surface area contributed by atoms with E-state index in [9.17, 15) is 48.7 Å². The summed E-state index contributed by atoms with van der Waals surface area (Å²) in [7, 11) is 0. The number of carbonyl (C=O) groups is 2. The van der Waals surface area contributed by atoms with Gasteiger partial charge in [0, 0.05) is 107 Å². The molecule has 2 amide bonds. The highest BCUT2D eigenvalue weighted by atomic mass is 35.5. The van der Waals surface area contributed by atoms with Crippen LogP contribution in [-0.4, -0.2) is 217 Å². The van der Waals surface area contributed by atoms with Crippen LogP contribution in [0.5, 0.6) is 0 Å². The van der Waals surface area contributed by atoms with E-state index in [4.69, 9.17) is 35.5 Å². The SMILES string of the molecule is C1COCCN1.O=C1NCC2(CCCC2)N2c3nc(CS(=O)[O-])ncc3C=CC12.O=C1NCC2(CCCC2)N2c3nc(Nc4ccc(N5CCOCC5)cn4)ncc3C=CC12.O=[N+]([O-])c1ccc(Cl)cn1.O=[N+]([O-])c1ccc(N2CCOCC2)cn1.O=[N+]([O-])c1ccc(N2CCOCC2)cn1. The topological polar surface area (TPSA) is 408 Å². The van der Waals surface area contributed by atoms with Gasteiger partial charge in [0.2, 0.25) is 17.8 Å². The number of nitro groups is 3. The number of aromatic nitrogens is 8. The number of anilines is 7. The minimum Gasteiger partial charge on any atom is -0.772 e. The van der Waals surface area contributed by atoms with Crippen LogP contribution in [0.2, 0.25) is 5.02 Å². The molecular weight excluding hydrogens is 1350 g/mol. The van der Waals surface area contributed by atoms with Gasteiger partial charge in [-0.25, -0.2) is 19.9 Å². The van der Waals surface area contributed by atoms with Crippen LogP contribution in [0.25, 0.3) is 12.2 Å². The van der Waals surface area contributed by atoms with Crippen molar-refractivity contribution in [2.75, 3.05) is 148 Å². The molecule has 14 heterocycles. The van der Waals surface area contributed by atoms with Gasteiger partial charge in [0.1, 0.15) is 35.4 Å². The second-order valence-corrected chi connectivity index (χ2v) is 26.0. The zero-order chi connectivity index (χ0) is 70.7. The molecule has 2 spiro atoms. The average molecular weight is 1430 g/mol. The molecule has 101 heavy (non-hydrogen) atoms. The smallest absolute Gasteiger partial charge is 0.363 e. The van der Waals surface area contributed by atoms with E-state index in [-0.39, 0.29) is 64.0 Å². The Morgan fingerprint density at radius 1 is 0.535 bits per heavy atom. The fraction of sp³-hybridized carbons (Fsp3) is 0.477. The van der Waals surface area contributed by atoms with Crippen LogP contribution in [0.15, 0.2) is 97.9 Å². The average Bonchev–Trinajstić information content (AvgIpc) is 1.73. The molecule has 0 bridgehead atoms. The van der Waals surface area contributed by atoms with Crippen LogP contribution in [0.1, 0.15) is 68.3 Å². The van der Waals surface area contributed by atoms with E-state index in [1.807, 2.05) is 42.8 Å². The number of hydrogen-bond acceptors (Lipinski definition) is 29. The maximum absolute atomic E-state index is 12.6. The molecule has 10 aliphatic rings. The Morgan fingerprint density at radius 2 is 0.950 bits per heavy atom. The van der Waals surface area contributed by atoms with Gasteiger partial charge in [-0.1, -0.05) is 61.6 Å². The number of amides is 2. The van der Waals surface area contributed by atoms with Crippen molar-refractivity contribution in [2.24, 2.45) is 0 Å². The second-order valence-electron chi connectivity index (χ2n) is 24.7. The van der Waals surface area contributed by atoms with Gasteiger partial charge in [0.25, 0.3) is 0 Å². The number of pyridine rings is 4. The number of morpholine rings is 4. The third-order valence-corrected chi connectivity index (χ3v) is 19.0. The molecule has 3 unspecified atom stereocenters. The third-order valence-electron chi connectivity index (χ3n) is 18.3. The maximum Gasteiger partial charge on any atom is 0.363 e. The van der Waals surface area contributed by atoms with Crippen LogP contribution in [-0.2, 0) is 45.4 Å². The minimum absolute atomic E-state index is 0.0306. The summed E-state index contributed by atoms with van der Waals surface area (Å²) >= 11 is 3.20. The Bertz CT molecular complexity index is 3810. The molecule has 34 nitrogen and oxygen atoms in total. The molecule has 16 rings (SSSR count). The highest BCUT2D eigenvalue weighted by Gasteiger charge is 2.51. The van der Waals surface area contributed by atoms with Gasteiger partial charge >= 0.3 is 17.5 Å². The molecule has 36 heteroatoms. The number of rotatable bonds is 10. The van der Waals surface area contributed by atoms with Crippen molar-refractivity contribution >= 4 is 105 Å². The van der Waals surface area contributed by atoms with Crippen molar-refractivity contribution in [1.82, 2.24) is 55.8 Å². The molecule has 2 saturated carbocycles. The largest absolute Gasteiger partial charge is 0.772 e. The van der Waals surface area contributed by atoms with Crippen molar-refractivity contribution < 1.29 is 52.1 Å². The van der Waals surface area contributed by atoms with E-state index in [1.165, 1.54) is 55.7 Å². The zero-order valence-corrected chi connectivity index (χ0v) is 56.9. The molecule has 8 aliphatic heterocycles. The number of halogens is 1. The lowest BCUT2D eigenvalue weighted by Crippen LogP contribution is -2.67. The van der Waals surface area contributed by atoms with Crippen molar-refractivity contribution in [2.45, 2.75) is 80.3 Å². The second kappa shape index (κ2) is 34.6. The lowest BCUT2D eigenvalue weighted by Gasteiger charge is -2.50. The number of carbonyl (C=O) groups excluding carboxylic acids is 2. The summed E-state index contributed by atoms with van der Waals surface area (Å²) in [6.45, 7) is 14.3. The molecule has 6 aromatic rings. The Hall–Kier alpha value is -9.62. The number of fused-ring (bicyclic) bond motifs is 8. The first-order valence-corrected chi connectivity index (χ1v) is 34.9. The fourth-order valence-electron chi connectivity index (χ4n) is 13.3. The summed E-state index contributed by atoms with van der Waals surface area (Å²) in [6.07, 6.45) is 26.0. The number of nitrogens with one attached hydrogen (secondary N) is 4. The van der Waals surface area contributed by atoms with Crippen molar-refractivity contribution in [3.63, 3.8) is 0 Å². The van der Waals surface area contributed by atoms with Gasteiger partial charge < -0.3 is 99.6 Å². The first kappa shape index (κ1) is 72.6. The van der Waals surface area contributed by atoms with Gasteiger partial charge in [0.15, 0.2) is 18.6 Å². The zero-order valence-electron chi connectivity index (χ0n) is 55.3. The van der Waals surface area contributed by atoms with E-state index in [0.717, 1.165) is 151 Å². The molecular formula is C65H78ClN20O14S-. The number of ether oxygens (including phenoxy) is 4. The Labute approximate surface area is 588 Å². The van der Waals surface area contributed by atoms with Crippen LogP contribution in [0, 0.1) is 30.3 Å². The van der Waals surface area contributed by atoms with Crippen molar-refractivity contribution in [3.8, 4) is 0 Å². The summed E-state index contributed by atoms with van der Waals surface area (Å²) in [5.41, 5.74) is 4.49. The molecule has 2 aliphatic carbocycles. The van der Waals surface area contributed by atoms with Crippen molar-refractivity contribution in [1.29, 1.82) is 0 Å². The summed E-state index contributed by atoms with van der Waals surface area (Å²) in [5, 5.41) is 43.7. The predicted octanol–water partition coefficient (Wildman–Crippen LogP) is 5.50. The molecule has 6 aromatic heterocycles. The lowest BCUT2D eigenvalue weighted by atomic mass is 9.87. The van der Waals surface area contributed by atoms with Gasteiger partial charge in [-0.05, 0) is 96.8 Å². The predicted molar refractivity (Wildman–Crippen MR) is 374 cm³/mol. The normalized spacial score (nSPS) is 20.6. The number of nitrogens with zero attached hydrogens (tertiary/aromatic N) is 16. The van der Waals surface area contributed by atoms with E-state index >= 15 is 0 Å². The van der Waals surface area contributed by atoms with Crippen LogP contribution in [0.3, 0.4) is 0 Å². The maximum atomic E-state index is 12.6. The number of hydrogen-bond donors (Lipinski definition) is 4. The number of piperazine rings is 2. The Kier molecular flexibility index (Phi) is 24.9.